The van der Waals surface area contributed by atoms with Crippen LogP contribution in [0.5, 0.6) is 0 Å². The first-order valence-electron chi connectivity index (χ1n) is 12.1. The van der Waals surface area contributed by atoms with Gasteiger partial charge >= 0.3 is 0 Å². The van der Waals surface area contributed by atoms with Gasteiger partial charge in [0.25, 0.3) is 0 Å². The van der Waals surface area contributed by atoms with Crippen molar-refractivity contribution in [2.45, 2.75) is 83.5 Å². The molecule has 0 spiro atoms. The number of benzene rings is 2. The fourth-order valence-electron chi connectivity index (χ4n) is 6.16. The van der Waals surface area contributed by atoms with Crippen molar-refractivity contribution < 1.29 is 8.78 Å². The first kappa shape index (κ1) is 21.5. The SMILES string of the molecule is C=CCCc1cc(F)c2cc(C3CCC4CC(CCCC)CCC4C3)c(F)cc2c1. The monoisotopic (exact) mass is 410 g/mol. The molecular formula is C28H36F2. The molecule has 2 aromatic carbocycles. The Balaban J connectivity index is 1.50. The third-order valence-corrected chi connectivity index (χ3v) is 7.84. The molecular weight excluding hydrogens is 374 g/mol. The van der Waals surface area contributed by atoms with Crippen LogP contribution in [0.15, 0.2) is 36.9 Å². The van der Waals surface area contributed by atoms with Gasteiger partial charge in [-0.1, -0.05) is 44.7 Å². The Morgan fingerprint density at radius 3 is 2.57 bits per heavy atom. The van der Waals surface area contributed by atoms with Crippen LogP contribution < -0.4 is 0 Å². The molecule has 0 radical (unpaired) electrons. The van der Waals surface area contributed by atoms with Crippen LogP contribution in [0.3, 0.4) is 0 Å². The second kappa shape index (κ2) is 9.62. The Labute approximate surface area is 180 Å². The minimum absolute atomic E-state index is 0.150. The van der Waals surface area contributed by atoms with Gasteiger partial charge in [0.1, 0.15) is 11.6 Å². The zero-order valence-corrected chi connectivity index (χ0v) is 18.4. The van der Waals surface area contributed by atoms with Crippen molar-refractivity contribution in [3.8, 4) is 0 Å². The van der Waals surface area contributed by atoms with E-state index in [0.717, 1.165) is 54.6 Å². The molecule has 2 heteroatoms. The first-order chi connectivity index (χ1) is 14.6. The lowest BCUT2D eigenvalue weighted by Crippen LogP contribution is -2.30. The van der Waals surface area contributed by atoms with Gasteiger partial charge in [0.05, 0.1) is 0 Å². The van der Waals surface area contributed by atoms with Gasteiger partial charge in [-0.15, -0.1) is 6.58 Å². The average Bonchev–Trinajstić information content (AvgIpc) is 2.75. The van der Waals surface area contributed by atoms with Crippen LogP contribution in [-0.4, -0.2) is 0 Å². The third kappa shape index (κ3) is 4.63. The summed E-state index contributed by atoms with van der Waals surface area (Å²) in [5.74, 6) is 2.32. The fourth-order valence-corrected chi connectivity index (χ4v) is 6.16. The Hall–Kier alpha value is -1.70. The summed E-state index contributed by atoms with van der Waals surface area (Å²) in [7, 11) is 0. The number of hydrogen-bond acceptors (Lipinski definition) is 0. The summed E-state index contributed by atoms with van der Waals surface area (Å²) in [5.41, 5.74) is 1.65. The molecule has 2 aliphatic rings. The summed E-state index contributed by atoms with van der Waals surface area (Å²) in [5, 5.41) is 1.25. The van der Waals surface area contributed by atoms with E-state index in [1.54, 1.807) is 12.1 Å². The molecule has 0 aliphatic heterocycles. The van der Waals surface area contributed by atoms with Gasteiger partial charge in [-0.05, 0) is 103 Å². The van der Waals surface area contributed by atoms with Crippen LogP contribution >= 0.6 is 0 Å². The summed E-state index contributed by atoms with van der Waals surface area (Å²) < 4.78 is 29.9. The topological polar surface area (TPSA) is 0 Å². The minimum atomic E-state index is -0.224. The van der Waals surface area contributed by atoms with Gasteiger partial charge in [-0.3, -0.25) is 0 Å². The number of rotatable bonds is 7. The molecule has 0 nitrogen and oxygen atoms in total. The van der Waals surface area contributed by atoms with Gasteiger partial charge in [-0.25, -0.2) is 8.78 Å². The lowest BCUT2D eigenvalue weighted by Gasteiger charge is -2.42. The maximum Gasteiger partial charge on any atom is 0.131 e. The molecule has 2 saturated carbocycles. The predicted molar refractivity (Wildman–Crippen MR) is 123 cm³/mol. The van der Waals surface area contributed by atoms with E-state index >= 15 is 4.39 Å². The highest BCUT2D eigenvalue weighted by Gasteiger charge is 2.36. The van der Waals surface area contributed by atoms with E-state index < -0.39 is 0 Å². The molecule has 0 heterocycles. The number of allylic oxidation sites excluding steroid dienone is 1. The summed E-state index contributed by atoms with van der Waals surface area (Å²) >= 11 is 0. The molecule has 0 N–H and O–H groups in total. The van der Waals surface area contributed by atoms with Crippen molar-refractivity contribution >= 4 is 10.8 Å². The molecule has 4 atom stereocenters. The molecule has 2 aromatic rings. The number of halogens is 2. The van der Waals surface area contributed by atoms with Crippen LogP contribution in [0.4, 0.5) is 8.78 Å². The van der Waals surface area contributed by atoms with Crippen molar-refractivity contribution in [1.82, 2.24) is 0 Å². The van der Waals surface area contributed by atoms with Crippen molar-refractivity contribution in [2.24, 2.45) is 17.8 Å². The summed E-state index contributed by atoms with van der Waals surface area (Å²) in [4.78, 5) is 0. The highest BCUT2D eigenvalue weighted by Crippen LogP contribution is 2.49. The summed E-state index contributed by atoms with van der Waals surface area (Å²) in [6.07, 6.45) is 14.7. The predicted octanol–water partition coefficient (Wildman–Crippen LogP) is 8.73. The fraction of sp³-hybridized carbons (Fsp3) is 0.571. The standard InChI is InChI=1S/C28H36F2/c1-3-5-7-19-9-10-22-16-23(12-11-21(22)13-19)25-18-26-24(17-28(25)30)14-20(8-6-4-2)15-27(26)29/h4,14-15,17-19,21-23H,2-3,5-13,16H2,1H3. The normalized spacial score (nSPS) is 26.5. The number of hydrogen-bond donors (Lipinski definition) is 0. The summed E-state index contributed by atoms with van der Waals surface area (Å²) in [6.45, 7) is 6.01. The molecule has 0 aromatic heterocycles. The van der Waals surface area contributed by atoms with Crippen molar-refractivity contribution in [2.75, 3.05) is 0 Å². The van der Waals surface area contributed by atoms with Crippen molar-refractivity contribution in [1.29, 1.82) is 0 Å². The van der Waals surface area contributed by atoms with E-state index in [-0.39, 0.29) is 17.6 Å². The third-order valence-electron chi connectivity index (χ3n) is 7.84. The van der Waals surface area contributed by atoms with E-state index in [1.807, 2.05) is 18.2 Å². The molecule has 2 fully saturated rings. The van der Waals surface area contributed by atoms with Crippen LogP contribution in [0.2, 0.25) is 0 Å². The highest BCUT2D eigenvalue weighted by atomic mass is 19.1. The van der Waals surface area contributed by atoms with Crippen LogP contribution in [0, 0.1) is 29.4 Å². The Morgan fingerprint density at radius 1 is 0.967 bits per heavy atom. The summed E-state index contributed by atoms with van der Waals surface area (Å²) in [6, 6.07) is 6.93. The second-order valence-corrected chi connectivity index (χ2v) is 9.85. The van der Waals surface area contributed by atoms with E-state index in [1.165, 1.54) is 44.9 Å². The van der Waals surface area contributed by atoms with Gasteiger partial charge in [0.2, 0.25) is 0 Å². The lowest BCUT2D eigenvalue weighted by atomic mass is 9.63. The van der Waals surface area contributed by atoms with Crippen molar-refractivity contribution in [3.05, 3.63) is 59.7 Å². The molecule has 2 aliphatic carbocycles. The van der Waals surface area contributed by atoms with E-state index in [9.17, 15) is 4.39 Å². The maximum atomic E-state index is 15.1. The van der Waals surface area contributed by atoms with Crippen LogP contribution in [-0.2, 0) is 6.42 Å². The van der Waals surface area contributed by atoms with Crippen molar-refractivity contribution in [3.63, 3.8) is 0 Å². The van der Waals surface area contributed by atoms with Gasteiger partial charge in [0.15, 0.2) is 0 Å². The largest absolute Gasteiger partial charge is 0.207 e. The van der Waals surface area contributed by atoms with Gasteiger partial charge in [0, 0.05) is 5.39 Å². The average molecular weight is 411 g/mol. The van der Waals surface area contributed by atoms with Gasteiger partial charge in [-0.2, -0.15) is 0 Å². The van der Waals surface area contributed by atoms with E-state index in [2.05, 4.69) is 13.5 Å². The van der Waals surface area contributed by atoms with Crippen LogP contribution in [0.1, 0.15) is 88.2 Å². The highest BCUT2D eigenvalue weighted by molar-refractivity contribution is 5.85. The zero-order valence-electron chi connectivity index (χ0n) is 18.4. The second-order valence-electron chi connectivity index (χ2n) is 9.85. The molecule has 0 saturated heterocycles. The molecule has 30 heavy (non-hydrogen) atoms. The molecule has 162 valence electrons. The smallest absolute Gasteiger partial charge is 0.131 e. The minimum Gasteiger partial charge on any atom is -0.207 e. The first-order valence-corrected chi connectivity index (χ1v) is 12.1. The van der Waals surface area contributed by atoms with Gasteiger partial charge < -0.3 is 0 Å². The lowest BCUT2D eigenvalue weighted by molar-refractivity contribution is 0.112. The van der Waals surface area contributed by atoms with Crippen LogP contribution in [0.25, 0.3) is 10.8 Å². The Bertz CT molecular complexity index is 884. The Kier molecular flexibility index (Phi) is 6.91. The number of fused-ring (bicyclic) bond motifs is 2. The number of unbranched alkanes of at least 4 members (excludes halogenated alkanes) is 1. The van der Waals surface area contributed by atoms with E-state index in [0.29, 0.717) is 10.8 Å². The molecule has 4 rings (SSSR count). The molecule has 4 unspecified atom stereocenters. The molecule has 0 bridgehead atoms. The maximum absolute atomic E-state index is 15.1. The van der Waals surface area contributed by atoms with E-state index in [4.69, 9.17) is 0 Å². The number of aryl methyl sites for hydroxylation is 1. The Morgan fingerprint density at radius 2 is 1.77 bits per heavy atom. The quantitative estimate of drug-likeness (QED) is 0.400. The molecule has 0 amide bonds. The zero-order chi connectivity index (χ0) is 21.1.